The van der Waals surface area contributed by atoms with Crippen LogP contribution in [-0.2, 0) is 17.8 Å². The van der Waals surface area contributed by atoms with Crippen molar-refractivity contribution in [3.8, 4) is 0 Å². The number of nitrogens with zero attached hydrogens (tertiary/aromatic N) is 4. The molecule has 3 heterocycles. The second kappa shape index (κ2) is 7.64. The van der Waals surface area contributed by atoms with Gasteiger partial charge in [0.25, 0.3) is 5.91 Å². The number of nitrogens with one attached hydrogen (secondary N) is 1. The zero-order chi connectivity index (χ0) is 22.7. The fourth-order valence-electron chi connectivity index (χ4n) is 7.61. The Bertz CT molecular complexity index is 1070. The van der Waals surface area contributed by atoms with Gasteiger partial charge in [-0.05, 0) is 82.0 Å². The molecule has 0 atom stereocenters. The maximum Gasteiger partial charge on any atom is 0.259 e. The lowest BCUT2D eigenvalue weighted by Gasteiger charge is -2.56. The van der Waals surface area contributed by atoms with Gasteiger partial charge in [0.2, 0.25) is 5.91 Å². The van der Waals surface area contributed by atoms with Gasteiger partial charge in [0.15, 0.2) is 0 Å². The largest absolute Gasteiger partial charge is 0.361 e. The van der Waals surface area contributed by atoms with Crippen molar-refractivity contribution < 1.29 is 14.1 Å². The highest BCUT2D eigenvalue weighted by Crippen LogP contribution is 2.61. The van der Waals surface area contributed by atoms with E-state index in [1.54, 1.807) is 18.7 Å². The Morgan fingerprint density at radius 2 is 1.82 bits per heavy atom. The molecule has 8 nitrogen and oxygen atoms in total. The lowest BCUT2D eigenvalue weighted by atomic mass is 9.49. The standard InChI is InChI=1S/C25H31N5O3/c1-14-22(15(2)33-29-14)24(32)30-4-3-19-20(12-30)26-13-27-23(19)28-21(31)11-25-8-16-5-17(9-25)7-18(6-16)10-25/h13,16-18H,3-12H2,1-2H3,(H,26,27,28,31). The van der Waals surface area contributed by atoms with E-state index in [2.05, 4.69) is 20.4 Å². The Morgan fingerprint density at radius 3 is 2.45 bits per heavy atom. The predicted molar refractivity (Wildman–Crippen MR) is 120 cm³/mol. The third-order valence-electron chi connectivity index (χ3n) is 8.50. The molecule has 4 bridgehead atoms. The molecule has 0 spiro atoms. The van der Waals surface area contributed by atoms with Gasteiger partial charge < -0.3 is 14.7 Å². The third-order valence-corrected chi connectivity index (χ3v) is 8.50. The van der Waals surface area contributed by atoms with Crippen LogP contribution in [-0.4, -0.2) is 38.4 Å². The van der Waals surface area contributed by atoms with Gasteiger partial charge in [0.05, 0.1) is 17.9 Å². The van der Waals surface area contributed by atoms with Crippen molar-refractivity contribution in [3.63, 3.8) is 0 Å². The van der Waals surface area contributed by atoms with Crippen LogP contribution in [0.15, 0.2) is 10.9 Å². The highest BCUT2D eigenvalue weighted by Gasteiger charge is 2.51. The smallest absolute Gasteiger partial charge is 0.259 e. The average Bonchev–Trinajstić information content (AvgIpc) is 3.09. The van der Waals surface area contributed by atoms with E-state index in [0.29, 0.717) is 48.8 Å². The van der Waals surface area contributed by atoms with Crippen molar-refractivity contribution in [2.45, 2.75) is 71.8 Å². The van der Waals surface area contributed by atoms with Crippen molar-refractivity contribution in [1.82, 2.24) is 20.0 Å². The molecule has 174 valence electrons. The molecule has 5 aliphatic rings. The van der Waals surface area contributed by atoms with Crippen LogP contribution in [0.1, 0.15) is 78.0 Å². The van der Waals surface area contributed by atoms with Crippen LogP contribution in [0.2, 0.25) is 0 Å². The monoisotopic (exact) mass is 449 g/mol. The number of amides is 2. The molecule has 33 heavy (non-hydrogen) atoms. The first-order chi connectivity index (χ1) is 15.9. The number of aromatic nitrogens is 3. The molecule has 7 rings (SSSR count). The van der Waals surface area contributed by atoms with Crippen LogP contribution < -0.4 is 5.32 Å². The Kier molecular flexibility index (Phi) is 4.82. The number of carbonyl (C=O) groups is 2. The van der Waals surface area contributed by atoms with Gasteiger partial charge in [-0.25, -0.2) is 9.97 Å². The molecule has 2 aromatic rings. The summed E-state index contributed by atoms with van der Waals surface area (Å²) in [5.41, 5.74) is 3.06. The number of anilines is 1. The Balaban J connectivity index is 1.16. The first kappa shape index (κ1) is 20.8. The highest BCUT2D eigenvalue weighted by molar-refractivity contribution is 5.96. The molecule has 2 aromatic heterocycles. The molecule has 0 radical (unpaired) electrons. The van der Waals surface area contributed by atoms with E-state index < -0.39 is 0 Å². The number of hydrogen-bond acceptors (Lipinski definition) is 6. The molecule has 1 N–H and O–H groups in total. The van der Waals surface area contributed by atoms with E-state index in [1.165, 1.54) is 44.9 Å². The van der Waals surface area contributed by atoms with Crippen molar-refractivity contribution in [1.29, 1.82) is 0 Å². The second-order valence-corrected chi connectivity index (χ2v) is 11.0. The number of aryl methyl sites for hydroxylation is 2. The van der Waals surface area contributed by atoms with Crippen LogP contribution in [0.5, 0.6) is 0 Å². The molecular formula is C25H31N5O3. The number of hydrogen-bond donors (Lipinski definition) is 1. The SMILES string of the molecule is Cc1noc(C)c1C(=O)N1CCc2c(ncnc2NC(=O)CC23CC4CC(CC(C4)C2)C3)C1. The first-order valence-corrected chi connectivity index (χ1v) is 12.2. The van der Waals surface area contributed by atoms with E-state index in [4.69, 9.17) is 4.52 Å². The van der Waals surface area contributed by atoms with Crippen LogP contribution in [0, 0.1) is 37.0 Å². The van der Waals surface area contributed by atoms with Crippen LogP contribution in [0.4, 0.5) is 5.82 Å². The summed E-state index contributed by atoms with van der Waals surface area (Å²) in [7, 11) is 0. The summed E-state index contributed by atoms with van der Waals surface area (Å²) < 4.78 is 5.17. The molecule has 0 saturated heterocycles. The highest BCUT2D eigenvalue weighted by atomic mass is 16.5. The zero-order valence-corrected chi connectivity index (χ0v) is 19.4. The van der Waals surface area contributed by atoms with Gasteiger partial charge in [0, 0.05) is 18.5 Å². The van der Waals surface area contributed by atoms with E-state index in [9.17, 15) is 9.59 Å². The predicted octanol–water partition coefficient (Wildman–Crippen LogP) is 3.82. The normalized spacial score (nSPS) is 29.8. The van der Waals surface area contributed by atoms with Crippen LogP contribution in [0.25, 0.3) is 0 Å². The first-order valence-electron chi connectivity index (χ1n) is 12.2. The Hall–Kier alpha value is -2.77. The van der Waals surface area contributed by atoms with Gasteiger partial charge in [-0.3, -0.25) is 9.59 Å². The van der Waals surface area contributed by atoms with Crippen LogP contribution >= 0.6 is 0 Å². The van der Waals surface area contributed by atoms with E-state index in [-0.39, 0.29) is 17.2 Å². The van der Waals surface area contributed by atoms with E-state index in [0.717, 1.165) is 29.0 Å². The van der Waals surface area contributed by atoms with Crippen molar-refractivity contribution in [2.75, 3.05) is 11.9 Å². The van der Waals surface area contributed by atoms with Crippen LogP contribution in [0.3, 0.4) is 0 Å². The fourth-order valence-corrected chi connectivity index (χ4v) is 7.61. The fraction of sp³-hybridized carbons (Fsp3) is 0.640. The Labute approximate surface area is 193 Å². The lowest BCUT2D eigenvalue weighted by Crippen LogP contribution is -2.47. The summed E-state index contributed by atoms with van der Waals surface area (Å²) in [6.07, 6.45) is 10.5. The lowest BCUT2D eigenvalue weighted by molar-refractivity contribution is -0.124. The topological polar surface area (TPSA) is 101 Å². The second-order valence-electron chi connectivity index (χ2n) is 11.0. The van der Waals surface area contributed by atoms with Gasteiger partial charge in [0.1, 0.15) is 23.5 Å². The summed E-state index contributed by atoms with van der Waals surface area (Å²) in [5, 5.41) is 7.02. The van der Waals surface area contributed by atoms with Crippen molar-refractivity contribution in [2.24, 2.45) is 23.2 Å². The molecule has 8 heteroatoms. The van der Waals surface area contributed by atoms with Gasteiger partial charge in [-0.1, -0.05) is 5.16 Å². The van der Waals surface area contributed by atoms with E-state index >= 15 is 0 Å². The maximum atomic E-state index is 13.1. The third kappa shape index (κ3) is 3.63. The summed E-state index contributed by atoms with van der Waals surface area (Å²) in [4.78, 5) is 36.8. The molecule has 0 unspecified atom stereocenters. The quantitative estimate of drug-likeness (QED) is 0.761. The summed E-state index contributed by atoms with van der Waals surface area (Å²) >= 11 is 0. The molecular weight excluding hydrogens is 418 g/mol. The Morgan fingerprint density at radius 1 is 1.12 bits per heavy atom. The van der Waals surface area contributed by atoms with E-state index in [1.807, 2.05) is 0 Å². The van der Waals surface area contributed by atoms with Crippen molar-refractivity contribution >= 4 is 17.6 Å². The minimum absolute atomic E-state index is 0.0760. The molecule has 0 aromatic carbocycles. The van der Waals surface area contributed by atoms with Crippen molar-refractivity contribution in [3.05, 3.63) is 34.6 Å². The minimum atomic E-state index is -0.0945. The van der Waals surface area contributed by atoms with Gasteiger partial charge in [-0.15, -0.1) is 0 Å². The number of rotatable bonds is 4. The zero-order valence-electron chi connectivity index (χ0n) is 19.4. The molecule has 4 aliphatic carbocycles. The molecule has 2 amide bonds. The molecule has 4 fully saturated rings. The number of fused-ring (bicyclic) bond motifs is 1. The molecule has 1 aliphatic heterocycles. The van der Waals surface area contributed by atoms with Gasteiger partial charge in [-0.2, -0.15) is 0 Å². The average molecular weight is 450 g/mol. The van der Waals surface area contributed by atoms with Gasteiger partial charge >= 0.3 is 0 Å². The number of carbonyl (C=O) groups excluding carboxylic acids is 2. The molecule has 4 saturated carbocycles. The minimum Gasteiger partial charge on any atom is -0.361 e. The summed E-state index contributed by atoms with van der Waals surface area (Å²) in [6.45, 7) is 4.46. The maximum absolute atomic E-state index is 13.1. The summed E-state index contributed by atoms with van der Waals surface area (Å²) in [5.74, 6) is 3.61. The summed E-state index contributed by atoms with van der Waals surface area (Å²) in [6, 6.07) is 0.